The van der Waals surface area contributed by atoms with Gasteiger partial charge in [0.15, 0.2) is 0 Å². The van der Waals surface area contributed by atoms with Crippen LogP contribution >= 0.6 is 0 Å². The SMILES string of the molecule is CC(NCC(O)C(C)C)c1ccc(N(C)C)cc1. The van der Waals surface area contributed by atoms with E-state index in [9.17, 15) is 5.11 Å². The summed E-state index contributed by atoms with van der Waals surface area (Å²) in [6, 6.07) is 8.76. The molecule has 0 aromatic heterocycles. The zero-order chi connectivity index (χ0) is 13.7. The highest BCUT2D eigenvalue weighted by atomic mass is 16.3. The van der Waals surface area contributed by atoms with E-state index in [4.69, 9.17) is 0 Å². The van der Waals surface area contributed by atoms with E-state index in [1.54, 1.807) is 0 Å². The largest absolute Gasteiger partial charge is 0.392 e. The normalized spacial score (nSPS) is 14.6. The van der Waals surface area contributed by atoms with Crippen LogP contribution in [0.3, 0.4) is 0 Å². The van der Waals surface area contributed by atoms with Crippen LogP contribution in [0.25, 0.3) is 0 Å². The molecule has 0 bridgehead atoms. The standard InChI is InChI=1S/C15H26N2O/c1-11(2)15(18)10-16-12(3)13-6-8-14(9-7-13)17(4)5/h6-9,11-12,15-16,18H,10H2,1-5H3. The lowest BCUT2D eigenvalue weighted by molar-refractivity contribution is 0.120. The zero-order valence-corrected chi connectivity index (χ0v) is 12.1. The van der Waals surface area contributed by atoms with E-state index in [1.165, 1.54) is 11.3 Å². The number of nitrogens with one attached hydrogen (secondary N) is 1. The maximum absolute atomic E-state index is 9.77. The first-order chi connectivity index (χ1) is 8.41. The van der Waals surface area contributed by atoms with Crippen LogP contribution in [0, 0.1) is 5.92 Å². The van der Waals surface area contributed by atoms with Gasteiger partial charge in [0, 0.05) is 32.4 Å². The summed E-state index contributed by atoms with van der Waals surface area (Å²) in [6.07, 6.45) is -0.284. The first-order valence-corrected chi connectivity index (χ1v) is 6.60. The predicted molar refractivity (Wildman–Crippen MR) is 78.0 cm³/mol. The minimum Gasteiger partial charge on any atom is -0.392 e. The fraction of sp³-hybridized carbons (Fsp3) is 0.600. The molecule has 0 spiro atoms. The number of hydrogen-bond donors (Lipinski definition) is 2. The zero-order valence-electron chi connectivity index (χ0n) is 12.1. The van der Waals surface area contributed by atoms with Crippen LogP contribution in [0.4, 0.5) is 5.69 Å². The van der Waals surface area contributed by atoms with Crippen LogP contribution in [0.5, 0.6) is 0 Å². The number of aliphatic hydroxyl groups is 1. The molecule has 102 valence electrons. The quantitative estimate of drug-likeness (QED) is 0.814. The molecule has 0 saturated heterocycles. The highest BCUT2D eigenvalue weighted by Crippen LogP contribution is 2.17. The van der Waals surface area contributed by atoms with Crippen molar-refractivity contribution in [3.63, 3.8) is 0 Å². The molecule has 1 aromatic rings. The molecule has 1 aromatic carbocycles. The molecule has 0 aliphatic carbocycles. The molecule has 0 heterocycles. The van der Waals surface area contributed by atoms with Crippen LogP contribution in [0.15, 0.2) is 24.3 Å². The molecule has 0 radical (unpaired) electrons. The molecule has 1 rings (SSSR count). The van der Waals surface area contributed by atoms with E-state index in [1.807, 2.05) is 27.9 Å². The number of anilines is 1. The summed E-state index contributed by atoms with van der Waals surface area (Å²) < 4.78 is 0. The van der Waals surface area contributed by atoms with E-state index in [0.29, 0.717) is 12.5 Å². The third-order valence-corrected chi connectivity index (χ3v) is 3.31. The van der Waals surface area contributed by atoms with Crippen LogP contribution in [-0.2, 0) is 0 Å². The van der Waals surface area contributed by atoms with Gasteiger partial charge in [-0.2, -0.15) is 0 Å². The van der Waals surface area contributed by atoms with Crippen LogP contribution in [0.1, 0.15) is 32.4 Å². The van der Waals surface area contributed by atoms with Crippen molar-refractivity contribution in [3.05, 3.63) is 29.8 Å². The Hall–Kier alpha value is -1.06. The monoisotopic (exact) mass is 250 g/mol. The Morgan fingerprint density at radius 1 is 1.11 bits per heavy atom. The fourth-order valence-electron chi connectivity index (χ4n) is 1.71. The first-order valence-electron chi connectivity index (χ1n) is 6.60. The van der Waals surface area contributed by atoms with Crippen molar-refractivity contribution >= 4 is 5.69 Å². The Morgan fingerprint density at radius 3 is 2.11 bits per heavy atom. The Kier molecular flexibility index (Phi) is 5.63. The van der Waals surface area contributed by atoms with Gasteiger partial charge < -0.3 is 15.3 Å². The molecule has 2 atom stereocenters. The lowest BCUT2D eigenvalue weighted by atomic mass is 10.1. The number of nitrogens with zero attached hydrogens (tertiary/aromatic N) is 1. The van der Waals surface area contributed by atoms with Gasteiger partial charge >= 0.3 is 0 Å². The second kappa shape index (κ2) is 6.76. The lowest BCUT2D eigenvalue weighted by Crippen LogP contribution is -2.32. The van der Waals surface area contributed by atoms with Gasteiger partial charge in [-0.25, -0.2) is 0 Å². The van der Waals surface area contributed by atoms with Gasteiger partial charge in [-0.1, -0.05) is 26.0 Å². The lowest BCUT2D eigenvalue weighted by Gasteiger charge is -2.20. The summed E-state index contributed by atoms with van der Waals surface area (Å²) >= 11 is 0. The molecular formula is C15H26N2O. The summed E-state index contributed by atoms with van der Waals surface area (Å²) in [6.45, 7) is 6.82. The molecule has 18 heavy (non-hydrogen) atoms. The summed E-state index contributed by atoms with van der Waals surface area (Å²) in [5.41, 5.74) is 2.45. The van der Waals surface area contributed by atoms with Crippen LogP contribution in [0.2, 0.25) is 0 Å². The Morgan fingerprint density at radius 2 is 1.67 bits per heavy atom. The second-order valence-electron chi connectivity index (χ2n) is 5.43. The molecule has 0 fully saturated rings. The summed E-state index contributed by atoms with van der Waals surface area (Å²) in [5.74, 6) is 0.292. The third-order valence-electron chi connectivity index (χ3n) is 3.31. The van der Waals surface area contributed by atoms with Gasteiger partial charge in [0.1, 0.15) is 0 Å². The number of hydrogen-bond acceptors (Lipinski definition) is 3. The van der Waals surface area contributed by atoms with Crippen LogP contribution < -0.4 is 10.2 Å². The smallest absolute Gasteiger partial charge is 0.0687 e. The highest BCUT2D eigenvalue weighted by Gasteiger charge is 2.11. The van der Waals surface area contributed by atoms with Gasteiger partial charge in [0.25, 0.3) is 0 Å². The molecule has 2 N–H and O–H groups in total. The molecule has 2 unspecified atom stereocenters. The van der Waals surface area contributed by atoms with Crippen molar-refractivity contribution in [2.45, 2.75) is 32.9 Å². The second-order valence-corrected chi connectivity index (χ2v) is 5.43. The number of aliphatic hydroxyl groups excluding tert-OH is 1. The van der Waals surface area contributed by atoms with Gasteiger partial charge in [0.2, 0.25) is 0 Å². The van der Waals surface area contributed by atoms with Crippen molar-refractivity contribution in [2.75, 3.05) is 25.5 Å². The Balaban J connectivity index is 2.54. The average Bonchev–Trinajstić information content (AvgIpc) is 2.35. The van der Waals surface area contributed by atoms with E-state index in [-0.39, 0.29) is 12.1 Å². The molecular weight excluding hydrogens is 224 g/mol. The molecule has 0 aliphatic rings. The molecule has 0 amide bonds. The van der Waals surface area contributed by atoms with Gasteiger partial charge in [-0.05, 0) is 30.5 Å². The summed E-state index contributed by atoms with van der Waals surface area (Å²) in [7, 11) is 4.07. The van der Waals surface area contributed by atoms with Crippen molar-refractivity contribution in [3.8, 4) is 0 Å². The van der Waals surface area contributed by atoms with Gasteiger partial charge in [0.05, 0.1) is 6.10 Å². The minimum absolute atomic E-state index is 0.259. The van der Waals surface area contributed by atoms with Gasteiger partial charge in [-0.15, -0.1) is 0 Å². The van der Waals surface area contributed by atoms with Crippen LogP contribution in [-0.4, -0.2) is 31.9 Å². The van der Waals surface area contributed by atoms with E-state index >= 15 is 0 Å². The van der Waals surface area contributed by atoms with Crippen molar-refractivity contribution in [1.29, 1.82) is 0 Å². The molecule has 3 heteroatoms. The summed E-state index contributed by atoms with van der Waals surface area (Å²) in [5, 5.41) is 13.1. The number of rotatable bonds is 6. The van der Waals surface area contributed by atoms with E-state index in [2.05, 4.69) is 41.4 Å². The molecule has 0 saturated carbocycles. The van der Waals surface area contributed by atoms with Gasteiger partial charge in [-0.3, -0.25) is 0 Å². The number of benzene rings is 1. The van der Waals surface area contributed by atoms with E-state index < -0.39 is 0 Å². The van der Waals surface area contributed by atoms with Crippen molar-refractivity contribution in [1.82, 2.24) is 5.32 Å². The topological polar surface area (TPSA) is 35.5 Å². The Bertz CT molecular complexity index is 346. The van der Waals surface area contributed by atoms with E-state index in [0.717, 1.165) is 0 Å². The average molecular weight is 250 g/mol. The summed E-state index contributed by atoms with van der Waals surface area (Å²) in [4.78, 5) is 2.09. The predicted octanol–water partition coefficient (Wildman–Crippen LogP) is 2.42. The first kappa shape index (κ1) is 15.0. The fourth-order valence-corrected chi connectivity index (χ4v) is 1.71. The molecule has 3 nitrogen and oxygen atoms in total. The van der Waals surface area contributed by atoms with Crippen molar-refractivity contribution < 1.29 is 5.11 Å². The van der Waals surface area contributed by atoms with Crippen molar-refractivity contribution in [2.24, 2.45) is 5.92 Å². The maximum Gasteiger partial charge on any atom is 0.0687 e. The third kappa shape index (κ3) is 4.31. The highest BCUT2D eigenvalue weighted by molar-refractivity contribution is 5.46. The minimum atomic E-state index is -0.284. The molecule has 0 aliphatic heterocycles. The maximum atomic E-state index is 9.77. The Labute approximate surface area is 111 Å².